The van der Waals surface area contributed by atoms with Crippen molar-refractivity contribution in [3.8, 4) is 0 Å². The summed E-state index contributed by atoms with van der Waals surface area (Å²) in [7, 11) is 0. The van der Waals surface area contributed by atoms with E-state index in [0.717, 1.165) is 6.07 Å². The molecule has 92 valence electrons. The van der Waals surface area contributed by atoms with Gasteiger partial charge in [0.1, 0.15) is 5.82 Å². The molecular weight excluding hydrogens is 240 g/mol. The molecule has 0 unspecified atom stereocenters. The average Bonchev–Trinajstić information content (AvgIpc) is 2.35. The monoisotopic (exact) mass is 249 g/mol. The van der Waals surface area contributed by atoms with Crippen molar-refractivity contribution in [3.63, 3.8) is 0 Å². The molecule has 0 atom stereocenters. The highest BCUT2D eigenvalue weighted by atomic mass is 19.2. The van der Waals surface area contributed by atoms with Gasteiger partial charge >= 0.3 is 0 Å². The Morgan fingerprint density at radius 3 is 2.67 bits per heavy atom. The molecule has 2 aromatic rings. The Bertz CT molecular complexity index is 584. The minimum absolute atomic E-state index is 0.296. The average molecular weight is 249 g/mol. The maximum absolute atomic E-state index is 13.3. The van der Waals surface area contributed by atoms with Crippen LogP contribution in [0.15, 0.2) is 36.5 Å². The van der Waals surface area contributed by atoms with Crippen molar-refractivity contribution in [1.82, 2.24) is 4.98 Å². The van der Waals surface area contributed by atoms with Crippen LogP contribution in [0.3, 0.4) is 0 Å². The Balaban J connectivity index is 2.22. The molecule has 1 aromatic heterocycles. The van der Waals surface area contributed by atoms with E-state index in [0.29, 0.717) is 11.5 Å². The Labute approximate surface area is 101 Å². The number of anilines is 2. The van der Waals surface area contributed by atoms with Gasteiger partial charge in [0.15, 0.2) is 11.6 Å². The van der Waals surface area contributed by atoms with Crippen LogP contribution in [0.2, 0.25) is 0 Å². The van der Waals surface area contributed by atoms with E-state index in [2.05, 4.69) is 10.3 Å². The molecule has 1 aromatic carbocycles. The molecule has 2 rings (SSSR count). The predicted octanol–water partition coefficient (Wildman–Crippen LogP) is 2.19. The van der Waals surface area contributed by atoms with Crippen LogP contribution in [-0.2, 0) is 0 Å². The van der Waals surface area contributed by atoms with E-state index in [-0.39, 0.29) is 5.56 Å². The van der Waals surface area contributed by atoms with Crippen LogP contribution in [0.25, 0.3) is 0 Å². The van der Waals surface area contributed by atoms with Crippen LogP contribution >= 0.6 is 0 Å². The molecule has 18 heavy (non-hydrogen) atoms. The van der Waals surface area contributed by atoms with Gasteiger partial charge < -0.3 is 11.1 Å². The van der Waals surface area contributed by atoms with Crippen LogP contribution in [0.5, 0.6) is 0 Å². The van der Waals surface area contributed by atoms with Crippen molar-refractivity contribution < 1.29 is 13.6 Å². The number of nitrogens with zero attached hydrogens (tertiary/aromatic N) is 1. The van der Waals surface area contributed by atoms with Crippen molar-refractivity contribution in [1.29, 1.82) is 0 Å². The lowest BCUT2D eigenvalue weighted by molar-refractivity contribution is 0.102. The number of amides is 1. The van der Waals surface area contributed by atoms with E-state index in [1.54, 1.807) is 0 Å². The Morgan fingerprint density at radius 1 is 1.22 bits per heavy atom. The third-order valence-electron chi connectivity index (χ3n) is 2.24. The normalized spacial score (nSPS) is 10.1. The summed E-state index contributed by atoms with van der Waals surface area (Å²) in [5, 5.41) is 2.39. The quantitative estimate of drug-likeness (QED) is 0.857. The number of benzene rings is 1. The molecule has 0 radical (unpaired) electrons. The number of hydrogen-bond acceptors (Lipinski definition) is 3. The number of hydrogen-bond donors (Lipinski definition) is 2. The Kier molecular flexibility index (Phi) is 3.18. The summed E-state index contributed by atoms with van der Waals surface area (Å²) < 4.78 is 26.3. The van der Waals surface area contributed by atoms with E-state index in [1.807, 2.05) is 0 Å². The first kappa shape index (κ1) is 12.0. The van der Waals surface area contributed by atoms with E-state index in [9.17, 15) is 13.6 Å². The number of nitrogens with one attached hydrogen (secondary N) is 1. The topological polar surface area (TPSA) is 68.0 Å². The molecule has 6 heteroatoms. The maximum atomic E-state index is 13.3. The fourth-order valence-electron chi connectivity index (χ4n) is 1.36. The molecule has 3 N–H and O–H groups in total. The van der Waals surface area contributed by atoms with Crippen molar-refractivity contribution >= 4 is 17.4 Å². The van der Waals surface area contributed by atoms with Gasteiger partial charge in [-0.2, -0.15) is 0 Å². The number of rotatable bonds is 2. The van der Waals surface area contributed by atoms with Gasteiger partial charge in [-0.25, -0.2) is 13.8 Å². The zero-order valence-electron chi connectivity index (χ0n) is 9.15. The first-order chi connectivity index (χ1) is 8.58. The van der Waals surface area contributed by atoms with Crippen LogP contribution in [0.1, 0.15) is 10.4 Å². The Hall–Kier alpha value is -2.50. The SMILES string of the molecule is Nc1ccc(NC(=O)c2cccc(F)c2F)cn1. The molecule has 0 fully saturated rings. The smallest absolute Gasteiger partial charge is 0.258 e. The lowest BCUT2D eigenvalue weighted by Crippen LogP contribution is -2.14. The van der Waals surface area contributed by atoms with Crippen LogP contribution in [-0.4, -0.2) is 10.9 Å². The molecule has 0 saturated carbocycles. The molecule has 1 amide bonds. The van der Waals surface area contributed by atoms with Crippen molar-refractivity contribution in [2.45, 2.75) is 0 Å². The highest BCUT2D eigenvalue weighted by Gasteiger charge is 2.15. The van der Waals surface area contributed by atoms with Gasteiger partial charge in [-0.1, -0.05) is 6.07 Å². The van der Waals surface area contributed by atoms with E-state index in [1.165, 1.54) is 30.5 Å². The molecule has 0 aliphatic heterocycles. The van der Waals surface area contributed by atoms with Crippen molar-refractivity contribution in [2.24, 2.45) is 0 Å². The first-order valence-electron chi connectivity index (χ1n) is 5.05. The molecule has 0 bridgehead atoms. The largest absolute Gasteiger partial charge is 0.384 e. The zero-order valence-corrected chi connectivity index (χ0v) is 9.15. The van der Waals surface area contributed by atoms with Gasteiger partial charge in [-0.15, -0.1) is 0 Å². The number of pyridine rings is 1. The third-order valence-corrected chi connectivity index (χ3v) is 2.24. The van der Waals surface area contributed by atoms with Gasteiger partial charge in [-0.05, 0) is 24.3 Å². The standard InChI is InChI=1S/C12H9F2N3O/c13-9-3-1-2-8(11(9)14)12(18)17-7-4-5-10(15)16-6-7/h1-6H,(H2,15,16)(H,17,18). The Morgan fingerprint density at radius 2 is 2.00 bits per heavy atom. The van der Waals surface area contributed by atoms with Gasteiger partial charge in [0.2, 0.25) is 0 Å². The summed E-state index contributed by atoms with van der Waals surface area (Å²) in [5.41, 5.74) is 5.36. The summed E-state index contributed by atoms with van der Waals surface area (Å²) in [6.45, 7) is 0. The number of aromatic nitrogens is 1. The highest BCUT2D eigenvalue weighted by Crippen LogP contribution is 2.14. The van der Waals surface area contributed by atoms with E-state index < -0.39 is 17.5 Å². The number of nitrogen functional groups attached to an aromatic ring is 1. The fraction of sp³-hybridized carbons (Fsp3) is 0. The lowest BCUT2D eigenvalue weighted by Gasteiger charge is -2.06. The zero-order chi connectivity index (χ0) is 13.1. The van der Waals surface area contributed by atoms with Crippen molar-refractivity contribution in [2.75, 3.05) is 11.1 Å². The van der Waals surface area contributed by atoms with Crippen molar-refractivity contribution in [3.05, 3.63) is 53.7 Å². The molecular formula is C12H9F2N3O. The minimum atomic E-state index is -1.18. The molecule has 1 heterocycles. The highest BCUT2D eigenvalue weighted by molar-refractivity contribution is 6.04. The summed E-state index contributed by atoms with van der Waals surface area (Å²) >= 11 is 0. The van der Waals surface area contributed by atoms with Crippen LogP contribution in [0, 0.1) is 11.6 Å². The number of carbonyl (C=O) groups is 1. The number of nitrogens with two attached hydrogens (primary N) is 1. The number of carbonyl (C=O) groups excluding carboxylic acids is 1. The third kappa shape index (κ3) is 2.42. The number of halogens is 2. The second-order valence-electron chi connectivity index (χ2n) is 3.53. The minimum Gasteiger partial charge on any atom is -0.384 e. The van der Waals surface area contributed by atoms with E-state index in [4.69, 9.17) is 5.73 Å². The first-order valence-corrected chi connectivity index (χ1v) is 5.05. The van der Waals surface area contributed by atoms with E-state index >= 15 is 0 Å². The summed E-state index contributed by atoms with van der Waals surface area (Å²) in [6.07, 6.45) is 1.32. The summed E-state index contributed by atoms with van der Waals surface area (Å²) in [5.74, 6) is -2.71. The molecule has 0 aliphatic carbocycles. The van der Waals surface area contributed by atoms with Gasteiger partial charge in [0.25, 0.3) is 5.91 Å². The van der Waals surface area contributed by atoms with Gasteiger partial charge in [-0.3, -0.25) is 4.79 Å². The van der Waals surface area contributed by atoms with Gasteiger partial charge in [0, 0.05) is 0 Å². The summed E-state index contributed by atoms with van der Waals surface area (Å²) in [6, 6.07) is 6.39. The summed E-state index contributed by atoms with van der Waals surface area (Å²) in [4.78, 5) is 15.5. The second kappa shape index (κ2) is 4.79. The second-order valence-corrected chi connectivity index (χ2v) is 3.53. The van der Waals surface area contributed by atoms with Crippen LogP contribution < -0.4 is 11.1 Å². The predicted molar refractivity (Wildman–Crippen MR) is 63.0 cm³/mol. The van der Waals surface area contributed by atoms with Crippen LogP contribution in [0.4, 0.5) is 20.3 Å². The lowest BCUT2D eigenvalue weighted by atomic mass is 10.2. The fourth-order valence-corrected chi connectivity index (χ4v) is 1.36. The molecule has 4 nitrogen and oxygen atoms in total. The van der Waals surface area contributed by atoms with Gasteiger partial charge in [0.05, 0.1) is 17.4 Å². The maximum Gasteiger partial charge on any atom is 0.258 e. The molecule has 0 saturated heterocycles. The molecule has 0 aliphatic rings. The molecule has 0 spiro atoms.